The van der Waals surface area contributed by atoms with Gasteiger partial charge in [-0.15, -0.1) is 0 Å². The first-order valence-electron chi connectivity index (χ1n) is 8.91. The predicted octanol–water partition coefficient (Wildman–Crippen LogP) is 5.58. The second-order valence-corrected chi connectivity index (χ2v) is 6.66. The van der Waals surface area contributed by atoms with Crippen molar-refractivity contribution in [2.75, 3.05) is 12.4 Å². The molecule has 1 amide bonds. The minimum Gasteiger partial charge on any atom is -0.497 e. The van der Waals surface area contributed by atoms with Crippen molar-refractivity contribution in [3.8, 4) is 5.75 Å². The number of halogens is 1. The van der Waals surface area contributed by atoms with E-state index in [9.17, 15) is 4.79 Å². The Labute approximate surface area is 172 Å². The van der Waals surface area contributed by atoms with Crippen LogP contribution in [-0.2, 0) is 0 Å². The van der Waals surface area contributed by atoms with Crippen molar-refractivity contribution >= 4 is 39.9 Å². The van der Waals surface area contributed by atoms with Gasteiger partial charge in [0.2, 0.25) is 5.55 Å². The van der Waals surface area contributed by atoms with Gasteiger partial charge < -0.3 is 14.5 Å². The van der Waals surface area contributed by atoms with Crippen molar-refractivity contribution < 1.29 is 13.9 Å². The number of ether oxygens (including phenoxy) is 1. The second kappa shape index (κ2) is 8.20. The van der Waals surface area contributed by atoms with E-state index in [2.05, 4.69) is 10.3 Å². The Balaban J connectivity index is 1.81. The third-order valence-electron chi connectivity index (χ3n) is 4.32. The first-order chi connectivity index (χ1) is 14.1. The molecule has 0 saturated carbocycles. The molecule has 4 aromatic rings. The van der Waals surface area contributed by atoms with Gasteiger partial charge in [-0.05, 0) is 48.5 Å². The van der Waals surface area contributed by atoms with Crippen LogP contribution >= 0.6 is 11.6 Å². The molecule has 0 bridgehead atoms. The molecule has 4 rings (SSSR count). The Morgan fingerprint density at radius 2 is 1.72 bits per heavy atom. The molecule has 144 valence electrons. The molecule has 1 heterocycles. The SMILES string of the molecule is COc1ccc(NC(=O)c2cc3ccccc3oc2=Nc2ccccc2Cl)cc1. The molecule has 3 aromatic carbocycles. The maximum atomic E-state index is 13.0. The van der Waals surface area contributed by atoms with Crippen LogP contribution in [0, 0.1) is 0 Å². The molecule has 29 heavy (non-hydrogen) atoms. The summed E-state index contributed by atoms with van der Waals surface area (Å²) in [6, 6.07) is 23.4. The Morgan fingerprint density at radius 1 is 1.00 bits per heavy atom. The van der Waals surface area contributed by atoms with E-state index in [0.717, 1.165) is 5.39 Å². The first-order valence-corrected chi connectivity index (χ1v) is 9.29. The molecular formula is C23H17ClN2O3. The lowest BCUT2D eigenvalue weighted by atomic mass is 10.1. The van der Waals surface area contributed by atoms with Gasteiger partial charge in [0.25, 0.3) is 5.91 Å². The molecule has 0 saturated heterocycles. The van der Waals surface area contributed by atoms with Crippen LogP contribution in [0.15, 0.2) is 88.3 Å². The van der Waals surface area contributed by atoms with Gasteiger partial charge >= 0.3 is 0 Å². The van der Waals surface area contributed by atoms with Gasteiger partial charge in [-0.25, -0.2) is 4.99 Å². The molecular weight excluding hydrogens is 388 g/mol. The van der Waals surface area contributed by atoms with Gasteiger partial charge in [-0.3, -0.25) is 4.79 Å². The van der Waals surface area contributed by atoms with Crippen LogP contribution in [0.5, 0.6) is 5.75 Å². The number of carbonyl (C=O) groups excluding carboxylic acids is 1. The van der Waals surface area contributed by atoms with E-state index in [4.69, 9.17) is 20.8 Å². The van der Waals surface area contributed by atoms with Crippen LogP contribution in [0.4, 0.5) is 11.4 Å². The monoisotopic (exact) mass is 404 g/mol. The number of amides is 1. The zero-order valence-corrected chi connectivity index (χ0v) is 16.3. The highest BCUT2D eigenvalue weighted by molar-refractivity contribution is 6.32. The Kier molecular flexibility index (Phi) is 5.31. The van der Waals surface area contributed by atoms with E-state index < -0.39 is 0 Å². The third-order valence-corrected chi connectivity index (χ3v) is 4.64. The molecule has 1 aromatic heterocycles. The summed E-state index contributed by atoms with van der Waals surface area (Å²) in [7, 11) is 1.59. The van der Waals surface area contributed by atoms with E-state index >= 15 is 0 Å². The fourth-order valence-electron chi connectivity index (χ4n) is 2.84. The number of nitrogens with zero attached hydrogens (tertiary/aromatic N) is 1. The van der Waals surface area contributed by atoms with Crippen LogP contribution in [-0.4, -0.2) is 13.0 Å². The van der Waals surface area contributed by atoms with Crippen LogP contribution in [0.25, 0.3) is 11.0 Å². The molecule has 6 heteroatoms. The fourth-order valence-corrected chi connectivity index (χ4v) is 3.02. The highest BCUT2D eigenvalue weighted by atomic mass is 35.5. The van der Waals surface area contributed by atoms with Crippen molar-refractivity contribution in [2.24, 2.45) is 4.99 Å². The molecule has 0 unspecified atom stereocenters. The molecule has 0 aliphatic carbocycles. The summed E-state index contributed by atoms with van der Waals surface area (Å²) >= 11 is 6.23. The number of para-hydroxylation sites is 2. The standard InChI is InChI=1S/C23H17ClN2O3/c1-28-17-12-10-16(11-13-17)25-22(27)18-14-15-6-2-5-9-21(15)29-23(18)26-20-8-4-3-7-19(20)24/h2-14H,1H3,(H,25,27). The minimum atomic E-state index is -0.338. The van der Waals surface area contributed by atoms with E-state index in [1.54, 1.807) is 49.6 Å². The third kappa shape index (κ3) is 4.15. The average molecular weight is 405 g/mol. The summed E-state index contributed by atoms with van der Waals surface area (Å²) in [5, 5.41) is 4.13. The van der Waals surface area contributed by atoms with E-state index in [1.807, 2.05) is 36.4 Å². The average Bonchev–Trinajstić information content (AvgIpc) is 2.75. The molecule has 0 radical (unpaired) electrons. The van der Waals surface area contributed by atoms with Crippen molar-refractivity contribution in [3.63, 3.8) is 0 Å². The molecule has 0 aliphatic heterocycles. The second-order valence-electron chi connectivity index (χ2n) is 6.25. The van der Waals surface area contributed by atoms with Gasteiger partial charge in [0.05, 0.1) is 17.8 Å². The highest BCUT2D eigenvalue weighted by Crippen LogP contribution is 2.24. The van der Waals surface area contributed by atoms with Crippen molar-refractivity contribution in [2.45, 2.75) is 0 Å². The summed E-state index contributed by atoms with van der Waals surface area (Å²) in [4.78, 5) is 17.5. The van der Waals surface area contributed by atoms with Crippen LogP contribution < -0.4 is 15.6 Å². The highest BCUT2D eigenvalue weighted by Gasteiger charge is 2.13. The first kappa shape index (κ1) is 18.8. The number of fused-ring (bicyclic) bond motifs is 1. The molecule has 0 spiro atoms. The van der Waals surface area contributed by atoms with Gasteiger partial charge in [0.1, 0.15) is 16.9 Å². The van der Waals surface area contributed by atoms with E-state index in [1.165, 1.54) is 0 Å². The fraction of sp³-hybridized carbons (Fsp3) is 0.0435. The quantitative estimate of drug-likeness (QED) is 0.483. The summed E-state index contributed by atoms with van der Waals surface area (Å²) in [6.45, 7) is 0. The maximum Gasteiger partial charge on any atom is 0.261 e. The Hall–Kier alpha value is -3.57. The lowest BCUT2D eigenvalue weighted by molar-refractivity contribution is 0.102. The van der Waals surface area contributed by atoms with E-state index in [0.29, 0.717) is 33.3 Å². The number of anilines is 1. The van der Waals surface area contributed by atoms with Gasteiger partial charge in [-0.1, -0.05) is 41.9 Å². The van der Waals surface area contributed by atoms with Crippen LogP contribution in [0.2, 0.25) is 5.02 Å². The Morgan fingerprint density at radius 3 is 2.48 bits per heavy atom. The topological polar surface area (TPSA) is 63.8 Å². The summed E-state index contributed by atoms with van der Waals surface area (Å²) in [5.74, 6) is 0.369. The summed E-state index contributed by atoms with van der Waals surface area (Å²) < 4.78 is 11.1. The van der Waals surface area contributed by atoms with E-state index in [-0.39, 0.29) is 11.5 Å². The van der Waals surface area contributed by atoms with Crippen molar-refractivity contribution in [3.05, 3.63) is 95.0 Å². The smallest absolute Gasteiger partial charge is 0.261 e. The summed E-state index contributed by atoms with van der Waals surface area (Å²) in [5.41, 5.74) is 2.26. The van der Waals surface area contributed by atoms with Gasteiger partial charge in [-0.2, -0.15) is 0 Å². The number of methoxy groups -OCH3 is 1. The molecule has 0 aliphatic rings. The molecule has 0 atom stereocenters. The predicted molar refractivity (Wildman–Crippen MR) is 114 cm³/mol. The summed E-state index contributed by atoms with van der Waals surface area (Å²) in [6.07, 6.45) is 0. The number of hydrogen-bond donors (Lipinski definition) is 1. The minimum absolute atomic E-state index is 0.183. The zero-order chi connectivity index (χ0) is 20.2. The van der Waals surface area contributed by atoms with Gasteiger partial charge in [0, 0.05) is 11.1 Å². The van der Waals surface area contributed by atoms with Crippen LogP contribution in [0.3, 0.4) is 0 Å². The lowest BCUT2D eigenvalue weighted by Crippen LogP contribution is -2.21. The normalized spacial score (nSPS) is 11.4. The van der Waals surface area contributed by atoms with Gasteiger partial charge in [0.15, 0.2) is 0 Å². The van der Waals surface area contributed by atoms with Crippen molar-refractivity contribution in [1.82, 2.24) is 0 Å². The number of benzene rings is 3. The maximum absolute atomic E-state index is 13.0. The van der Waals surface area contributed by atoms with Crippen molar-refractivity contribution in [1.29, 1.82) is 0 Å². The zero-order valence-electron chi connectivity index (χ0n) is 15.6. The number of nitrogens with one attached hydrogen (secondary N) is 1. The number of hydrogen-bond acceptors (Lipinski definition) is 4. The number of carbonyl (C=O) groups is 1. The number of rotatable bonds is 4. The molecule has 0 fully saturated rings. The Bertz CT molecular complexity index is 1250. The molecule has 1 N–H and O–H groups in total. The lowest BCUT2D eigenvalue weighted by Gasteiger charge is -2.08. The molecule has 5 nitrogen and oxygen atoms in total. The van der Waals surface area contributed by atoms with Crippen LogP contribution in [0.1, 0.15) is 10.4 Å². The largest absolute Gasteiger partial charge is 0.497 e.